The monoisotopic (exact) mass is 471 g/mol. The molecule has 2 aromatic carbocycles. The van der Waals surface area contributed by atoms with Crippen molar-refractivity contribution in [2.24, 2.45) is 5.92 Å². The molecule has 35 heavy (non-hydrogen) atoms. The minimum atomic E-state index is -0.507. The van der Waals surface area contributed by atoms with Crippen LogP contribution in [0, 0.1) is 5.92 Å². The summed E-state index contributed by atoms with van der Waals surface area (Å²) in [6.45, 7) is 2.54. The summed E-state index contributed by atoms with van der Waals surface area (Å²) in [6.07, 6.45) is 8.74. The lowest BCUT2D eigenvalue weighted by Gasteiger charge is -2.22. The molecule has 2 unspecified atom stereocenters. The molecule has 2 heterocycles. The highest BCUT2D eigenvalue weighted by Gasteiger charge is 2.24. The van der Waals surface area contributed by atoms with E-state index in [-0.39, 0.29) is 12.0 Å². The minimum absolute atomic E-state index is 0.0892. The van der Waals surface area contributed by atoms with Crippen LogP contribution in [-0.4, -0.2) is 27.6 Å². The van der Waals surface area contributed by atoms with Crippen molar-refractivity contribution in [3.05, 3.63) is 77.1 Å². The summed E-state index contributed by atoms with van der Waals surface area (Å²) in [5.41, 5.74) is 5.57. The lowest BCUT2D eigenvalue weighted by Crippen LogP contribution is -2.19. The molecular formula is C29H33N3O3. The maximum absolute atomic E-state index is 12.9. The lowest BCUT2D eigenvalue weighted by atomic mass is 9.86. The van der Waals surface area contributed by atoms with E-state index in [9.17, 15) is 9.90 Å². The zero-order valence-corrected chi connectivity index (χ0v) is 20.2. The van der Waals surface area contributed by atoms with Crippen molar-refractivity contribution in [1.29, 1.82) is 0 Å². The van der Waals surface area contributed by atoms with Crippen molar-refractivity contribution in [3.63, 3.8) is 0 Å². The molecule has 5 rings (SSSR count). The molecule has 6 heteroatoms. The van der Waals surface area contributed by atoms with Crippen LogP contribution in [0.25, 0.3) is 11.3 Å². The van der Waals surface area contributed by atoms with Gasteiger partial charge in [0.15, 0.2) is 5.82 Å². The Morgan fingerprint density at radius 1 is 1.09 bits per heavy atom. The van der Waals surface area contributed by atoms with Crippen LogP contribution < -0.4 is 5.32 Å². The first-order chi connectivity index (χ1) is 17.0. The third-order valence-corrected chi connectivity index (χ3v) is 7.05. The number of nitrogens with one attached hydrogen (secondary N) is 1. The Bertz CT molecular complexity index is 1150. The van der Waals surface area contributed by atoms with Crippen LogP contribution in [0.2, 0.25) is 0 Å². The largest absolute Gasteiger partial charge is 0.389 e. The van der Waals surface area contributed by atoms with E-state index in [1.165, 1.54) is 32.1 Å². The molecule has 2 atom stereocenters. The van der Waals surface area contributed by atoms with Crippen LogP contribution in [0.5, 0.6) is 0 Å². The summed E-state index contributed by atoms with van der Waals surface area (Å²) in [5.74, 6) is 1.04. The molecule has 1 aliphatic heterocycles. The van der Waals surface area contributed by atoms with Gasteiger partial charge in [-0.15, -0.1) is 0 Å². The number of amides is 1. The topological polar surface area (TPSA) is 87.6 Å². The Morgan fingerprint density at radius 3 is 2.46 bits per heavy atom. The molecule has 1 saturated heterocycles. The fourth-order valence-electron chi connectivity index (χ4n) is 4.86. The summed E-state index contributed by atoms with van der Waals surface area (Å²) < 4.78 is 5.32. The van der Waals surface area contributed by atoms with E-state index in [1.807, 2.05) is 48.5 Å². The Morgan fingerprint density at radius 2 is 1.80 bits per heavy atom. The molecule has 2 fully saturated rings. The van der Waals surface area contributed by atoms with Crippen molar-refractivity contribution in [2.45, 2.75) is 64.1 Å². The fourth-order valence-corrected chi connectivity index (χ4v) is 4.86. The van der Waals surface area contributed by atoms with Gasteiger partial charge in [-0.2, -0.15) is 0 Å². The Balaban J connectivity index is 1.34. The number of nitrogens with zero attached hydrogens (tertiary/aromatic N) is 2. The zero-order chi connectivity index (χ0) is 24.2. The molecule has 1 aliphatic carbocycles. The molecule has 6 nitrogen and oxygen atoms in total. The molecule has 3 aromatic rings. The molecule has 1 saturated carbocycles. The number of hydrogen-bond acceptors (Lipinski definition) is 5. The minimum Gasteiger partial charge on any atom is -0.389 e. The van der Waals surface area contributed by atoms with Gasteiger partial charge in [-0.3, -0.25) is 4.79 Å². The highest BCUT2D eigenvalue weighted by Crippen LogP contribution is 2.31. The Kier molecular flexibility index (Phi) is 7.21. The van der Waals surface area contributed by atoms with Crippen LogP contribution in [-0.2, 0) is 22.4 Å². The summed E-state index contributed by atoms with van der Waals surface area (Å²) in [4.78, 5) is 22.5. The van der Waals surface area contributed by atoms with Crippen molar-refractivity contribution in [1.82, 2.24) is 9.97 Å². The number of aliphatic hydroxyl groups is 1. The fraction of sp³-hybridized carbons (Fsp3) is 0.414. The van der Waals surface area contributed by atoms with E-state index in [0.717, 1.165) is 46.7 Å². The number of aromatic nitrogens is 2. The van der Waals surface area contributed by atoms with E-state index < -0.39 is 6.10 Å². The van der Waals surface area contributed by atoms with Gasteiger partial charge in [-0.05, 0) is 36.0 Å². The SMILES string of the molecule is CC(O)c1ccc(-c2cnc(NC(=O)Cc3ccc(C4CO4)cc3)c(CC3CCCCC3)n2)cc1. The Hall–Kier alpha value is -3.09. The van der Waals surface area contributed by atoms with Crippen LogP contribution >= 0.6 is 0 Å². The standard InChI is InChI=1S/C29H33N3O3/c1-19(33)22-11-13-23(14-12-22)26-17-30-29(25(31-26)15-20-5-3-2-4-6-20)32-28(34)16-21-7-9-24(10-8-21)27-18-35-27/h7-14,17,19-20,27,33H,2-6,15-16,18H2,1H3,(H,30,32,34). The number of rotatable bonds is 8. The second kappa shape index (κ2) is 10.7. The number of carbonyl (C=O) groups is 1. The second-order valence-electron chi connectivity index (χ2n) is 9.85. The summed E-state index contributed by atoms with van der Waals surface area (Å²) in [6, 6.07) is 15.8. The van der Waals surface area contributed by atoms with Crippen LogP contribution in [0.1, 0.15) is 73.6 Å². The number of carbonyl (C=O) groups excluding carboxylic acids is 1. The average molecular weight is 472 g/mol. The number of benzene rings is 2. The van der Waals surface area contributed by atoms with Crippen LogP contribution in [0.3, 0.4) is 0 Å². The quantitative estimate of drug-likeness (QED) is 0.419. The van der Waals surface area contributed by atoms with Crippen LogP contribution in [0.4, 0.5) is 5.82 Å². The number of ether oxygens (including phenoxy) is 1. The third-order valence-electron chi connectivity index (χ3n) is 7.05. The smallest absolute Gasteiger partial charge is 0.229 e. The van der Waals surface area contributed by atoms with Gasteiger partial charge in [-0.1, -0.05) is 80.6 Å². The van der Waals surface area contributed by atoms with E-state index in [1.54, 1.807) is 13.1 Å². The molecule has 2 N–H and O–H groups in total. The predicted molar refractivity (Wildman–Crippen MR) is 136 cm³/mol. The van der Waals surface area contributed by atoms with Gasteiger partial charge in [0.1, 0.15) is 6.10 Å². The van der Waals surface area contributed by atoms with E-state index in [0.29, 0.717) is 18.2 Å². The molecule has 182 valence electrons. The van der Waals surface area contributed by atoms with E-state index >= 15 is 0 Å². The van der Waals surface area contributed by atoms with Crippen molar-refractivity contribution < 1.29 is 14.6 Å². The number of aliphatic hydroxyl groups excluding tert-OH is 1. The van der Waals surface area contributed by atoms with Crippen molar-refractivity contribution in [3.8, 4) is 11.3 Å². The van der Waals surface area contributed by atoms with Gasteiger partial charge >= 0.3 is 0 Å². The van der Waals surface area contributed by atoms with Crippen molar-refractivity contribution in [2.75, 3.05) is 11.9 Å². The number of epoxide rings is 1. The third kappa shape index (κ3) is 6.13. The molecule has 1 aromatic heterocycles. The van der Waals surface area contributed by atoms with Gasteiger partial charge in [0.05, 0.1) is 36.7 Å². The first-order valence-corrected chi connectivity index (χ1v) is 12.7. The number of anilines is 1. The molecule has 1 amide bonds. The molecule has 2 aliphatic rings. The van der Waals surface area contributed by atoms with E-state index in [2.05, 4.69) is 10.3 Å². The molecule has 0 radical (unpaired) electrons. The van der Waals surface area contributed by atoms with Gasteiger partial charge in [0.25, 0.3) is 0 Å². The normalized spacial score (nSPS) is 18.7. The lowest BCUT2D eigenvalue weighted by molar-refractivity contribution is -0.115. The maximum atomic E-state index is 12.9. The first-order valence-electron chi connectivity index (χ1n) is 12.7. The highest BCUT2D eigenvalue weighted by atomic mass is 16.6. The maximum Gasteiger partial charge on any atom is 0.229 e. The number of hydrogen-bond donors (Lipinski definition) is 2. The summed E-state index contributed by atoms with van der Waals surface area (Å²) in [7, 11) is 0. The average Bonchev–Trinajstić information content (AvgIpc) is 3.72. The summed E-state index contributed by atoms with van der Waals surface area (Å²) in [5, 5.41) is 12.8. The Labute approximate surface area is 206 Å². The van der Waals surface area contributed by atoms with Gasteiger partial charge in [-0.25, -0.2) is 9.97 Å². The predicted octanol–water partition coefficient (Wildman–Crippen LogP) is 5.57. The molecule has 0 bridgehead atoms. The first kappa shape index (κ1) is 23.6. The van der Waals surface area contributed by atoms with Gasteiger partial charge < -0.3 is 15.2 Å². The highest BCUT2D eigenvalue weighted by molar-refractivity contribution is 5.92. The van der Waals surface area contributed by atoms with Crippen molar-refractivity contribution >= 4 is 11.7 Å². The molecule has 0 spiro atoms. The van der Waals surface area contributed by atoms with Crippen LogP contribution in [0.15, 0.2) is 54.7 Å². The molecular weight excluding hydrogens is 438 g/mol. The summed E-state index contributed by atoms with van der Waals surface area (Å²) >= 11 is 0. The second-order valence-corrected chi connectivity index (χ2v) is 9.85. The zero-order valence-electron chi connectivity index (χ0n) is 20.2. The van der Waals surface area contributed by atoms with Gasteiger partial charge in [0.2, 0.25) is 5.91 Å². The van der Waals surface area contributed by atoms with Gasteiger partial charge in [0, 0.05) is 5.56 Å². The van der Waals surface area contributed by atoms with E-state index in [4.69, 9.17) is 9.72 Å².